The van der Waals surface area contributed by atoms with Gasteiger partial charge in [-0.25, -0.2) is 0 Å². The summed E-state index contributed by atoms with van der Waals surface area (Å²) in [6, 6.07) is 44.9. The molecule has 0 spiro atoms. The van der Waals surface area contributed by atoms with Gasteiger partial charge in [0, 0.05) is 36.2 Å². The van der Waals surface area contributed by atoms with Gasteiger partial charge in [-0.05, 0) is 88.1 Å². The molecule has 1 aliphatic carbocycles. The van der Waals surface area contributed by atoms with Crippen LogP contribution in [0.15, 0.2) is 145 Å². The number of phenols is 1. The number of aromatic hydroxyl groups is 1. The van der Waals surface area contributed by atoms with Gasteiger partial charge in [-0.15, -0.1) is 0 Å². The standard InChI is InChI=1S/C21H27N2.C15H10.C13H11NO.2C2H6.ClH.Ru/c1-14-9-16(3)20(17(4)10-14)22-7-8-23(13-22)21-18(5)11-15(2)12-19(21)6;1-2-6-12(7-3-1)15-11-10-13-8-4-5-9-14(13)15;15-13-9-5-4-6-11(13)10-14-12-7-2-1-3-8-12;2*1-2;;/h9-13H,7-8H2,1-6H3;1-9,11H;1-10,15H;2*1-2H3;1H;/q-1;;;;;;+1/p-1. The number of fused-ring (bicyclic) bond motifs is 1. The maximum absolute atomic E-state index is 9.50. The first-order valence-electron chi connectivity index (χ1n) is 20.5. The van der Waals surface area contributed by atoms with E-state index >= 15 is 0 Å². The van der Waals surface area contributed by atoms with E-state index in [2.05, 4.69) is 142 Å². The first-order chi connectivity index (χ1) is 28.6. The van der Waals surface area contributed by atoms with Gasteiger partial charge in [-0.1, -0.05) is 93.4 Å². The van der Waals surface area contributed by atoms with Crippen molar-refractivity contribution < 1.29 is 20.8 Å². The van der Waals surface area contributed by atoms with Crippen LogP contribution in [-0.2, 0) is 15.7 Å². The van der Waals surface area contributed by atoms with Crippen LogP contribution in [0.5, 0.6) is 5.75 Å². The van der Waals surface area contributed by atoms with Crippen LogP contribution in [-0.4, -0.2) is 28.5 Å². The number of aliphatic imine (C=N–C) groups is 1. The maximum atomic E-state index is 9.50. The predicted molar refractivity (Wildman–Crippen MR) is 255 cm³/mol. The topological polar surface area (TPSA) is 39.1 Å². The molecular formula is C53H60ClN3ORu-. The van der Waals surface area contributed by atoms with Crippen molar-refractivity contribution in [3.63, 3.8) is 0 Å². The fraction of sp³-hybridized carbons (Fsp3) is 0.226. The average molecular weight is 892 g/mol. The van der Waals surface area contributed by atoms with Gasteiger partial charge >= 0.3 is 112 Å². The Morgan fingerprint density at radius 3 is 1.53 bits per heavy atom. The number of benzene rings is 6. The van der Waals surface area contributed by atoms with Gasteiger partial charge in [0.1, 0.15) is 5.75 Å². The van der Waals surface area contributed by atoms with Crippen LogP contribution >= 0.6 is 9.69 Å². The molecule has 1 fully saturated rings. The quantitative estimate of drug-likeness (QED) is 0.106. The second-order valence-corrected chi connectivity index (χ2v) is 16.1. The molecule has 0 aromatic heterocycles. The summed E-state index contributed by atoms with van der Waals surface area (Å²) in [5.74, 6) is 0.247. The zero-order chi connectivity index (χ0) is 42.9. The second-order valence-electron chi connectivity index (χ2n) is 14.0. The van der Waals surface area contributed by atoms with Crippen molar-refractivity contribution in [2.45, 2.75) is 69.2 Å². The van der Waals surface area contributed by atoms with Crippen LogP contribution in [0.4, 0.5) is 17.1 Å². The first kappa shape index (κ1) is 46.6. The van der Waals surface area contributed by atoms with Crippen LogP contribution in [0.2, 0.25) is 0 Å². The Labute approximate surface area is 366 Å². The second kappa shape index (κ2) is 23.5. The summed E-state index contributed by atoms with van der Waals surface area (Å²) in [5.41, 5.74) is 17.6. The number of hydrogen-bond donors (Lipinski definition) is 1. The van der Waals surface area contributed by atoms with Crippen molar-refractivity contribution in [1.82, 2.24) is 0 Å². The van der Waals surface area contributed by atoms with E-state index in [-0.39, 0.29) is 21.4 Å². The first-order valence-corrected chi connectivity index (χ1v) is 23.6. The molecule has 309 valence electrons. The van der Waals surface area contributed by atoms with Gasteiger partial charge in [0.15, 0.2) is 0 Å². The number of anilines is 2. The number of para-hydroxylation sites is 2. The number of halogens is 1. The third-order valence-electron chi connectivity index (χ3n) is 9.64. The molecule has 0 radical (unpaired) electrons. The number of nitrogens with zero attached hydrogens (tertiary/aromatic N) is 3. The molecule has 1 aliphatic heterocycles. The molecule has 6 aromatic carbocycles. The van der Waals surface area contributed by atoms with Crippen LogP contribution in [0.25, 0.3) is 5.57 Å². The number of phenolic OH excluding ortho intramolecular Hbond substituents is 1. The van der Waals surface area contributed by atoms with E-state index < -0.39 is 0 Å². The van der Waals surface area contributed by atoms with Crippen LogP contribution < -0.4 is 9.80 Å². The van der Waals surface area contributed by atoms with Crippen molar-refractivity contribution in [3.8, 4) is 5.75 Å². The van der Waals surface area contributed by atoms with E-state index in [9.17, 15) is 5.11 Å². The Bertz CT molecular complexity index is 2240. The number of aryl methyl sites for hydroxylation is 6. The molecule has 8 rings (SSSR count). The number of hydrogen-bond acceptors (Lipinski definition) is 4. The number of rotatable bonds is 5. The molecule has 1 saturated heterocycles. The molecule has 1 heterocycles. The normalized spacial score (nSPS) is 13.3. The molecule has 0 saturated carbocycles. The minimum atomic E-state index is -0.218. The van der Waals surface area contributed by atoms with Gasteiger partial charge in [0.2, 0.25) is 0 Å². The zero-order valence-corrected chi connectivity index (χ0v) is 38.9. The van der Waals surface area contributed by atoms with Crippen molar-refractivity contribution >= 4 is 42.6 Å². The summed E-state index contributed by atoms with van der Waals surface area (Å²) in [6.07, 6.45) is 3.90. The molecule has 0 unspecified atom stereocenters. The number of allylic oxidation sites excluding steroid dienone is 1. The van der Waals surface area contributed by atoms with E-state index in [0.717, 1.165) is 24.3 Å². The summed E-state index contributed by atoms with van der Waals surface area (Å²) in [7, 11) is 6.10. The molecule has 0 amide bonds. The molecule has 6 aromatic rings. The van der Waals surface area contributed by atoms with E-state index in [1.54, 1.807) is 18.3 Å². The molecule has 6 heteroatoms. The van der Waals surface area contributed by atoms with Crippen molar-refractivity contribution in [1.29, 1.82) is 0 Å². The molecule has 4 nitrogen and oxygen atoms in total. The summed E-state index contributed by atoms with van der Waals surface area (Å²) < 4.78 is 1.30. The monoisotopic (exact) mass is 891 g/mol. The van der Waals surface area contributed by atoms with Gasteiger partial charge in [-0.2, -0.15) is 6.67 Å². The Balaban J connectivity index is 0.000000192. The minimum absolute atomic E-state index is 0.218. The Kier molecular flexibility index (Phi) is 18.6. The van der Waals surface area contributed by atoms with E-state index in [4.69, 9.17) is 9.69 Å². The van der Waals surface area contributed by atoms with Crippen LogP contribution in [0.3, 0.4) is 0 Å². The third kappa shape index (κ3) is 12.5. The van der Waals surface area contributed by atoms with Crippen LogP contribution in [0, 0.1) is 48.2 Å². The van der Waals surface area contributed by atoms with E-state index in [0.29, 0.717) is 0 Å². The van der Waals surface area contributed by atoms with Crippen molar-refractivity contribution in [2.24, 2.45) is 4.99 Å². The van der Waals surface area contributed by atoms with Crippen molar-refractivity contribution in [3.05, 3.63) is 202 Å². The van der Waals surface area contributed by atoms with Crippen LogP contribution in [0.1, 0.15) is 83.3 Å². The summed E-state index contributed by atoms with van der Waals surface area (Å²) in [4.78, 5) is 9.06. The molecule has 0 atom stereocenters. The van der Waals surface area contributed by atoms with E-state index in [1.165, 1.54) is 71.1 Å². The summed E-state index contributed by atoms with van der Waals surface area (Å²) in [5, 5.41) is 9.50. The van der Waals surface area contributed by atoms with Gasteiger partial charge in [-0.3, -0.25) is 4.99 Å². The Morgan fingerprint density at radius 2 is 1.03 bits per heavy atom. The fourth-order valence-electron chi connectivity index (χ4n) is 7.46. The summed E-state index contributed by atoms with van der Waals surface area (Å²) in [6.45, 7) is 25.6. The van der Waals surface area contributed by atoms with Gasteiger partial charge < -0.3 is 14.9 Å². The summed E-state index contributed by atoms with van der Waals surface area (Å²) >= 11 is -0.218. The predicted octanol–water partition coefficient (Wildman–Crippen LogP) is 14.1. The molecule has 0 bridgehead atoms. The molecule has 2 aliphatic rings. The average Bonchev–Trinajstić information content (AvgIpc) is 3.88. The zero-order valence-electron chi connectivity index (χ0n) is 36.4. The van der Waals surface area contributed by atoms with Crippen molar-refractivity contribution in [2.75, 3.05) is 22.9 Å². The fourth-order valence-corrected chi connectivity index (χ4v) is 9.01. The third-order valence-corrected chi connectivity index (χ3v) is 11.6. The molecule has 59 heavy (non-hydrogen) atoms. The van der Waals surface area contributed by atoms with E-state index in [1.807, 2.05) is 76.2 Å². The van der Waals surface area contributed by atoms with Gasteiger partial charge in [0.25, 0.3) is 0 Å². The molecular weight excluding hydrogens is 831 g/mol. The Hall–Kier alpha value is -5.09. The Morgan fingerprint density at radius 1 is 0.593 bits per heavy atom. The molecule has 1 N–H and O–H groups in total. The SMILES string of the molecule is CC.CC.Cc1cc(C)c(N2[CH-]N(c3c(C)cc(C)cc3C)CC2)c(C)c1.Oc1ccccc1C=Nc1ccccc1.[Cl][Ru]=[C]1C=C(c2ccccc2)c2ccccc21. The van der Waals surface area contributed by atoms with Gasteiger partial charge in [0.05, 0.1) is 5.69 Å².